The van der Waals surface area contributed by atoms with E-state index in [1.165, 1.54) is 18.7 Å². The lowest BCUT2D eigenvalue weighted by Crippen LogP contribution is -2.00. The van der Waals surface area contributed by atoms with Crippen molar-refractivity contribution in [3.05, 3.63) is 60.2 Å². The summed E-state index contributed by atoms with van der Waals surface area (Å²) in [6, 6.07) is 9.27. The zero-order valence-corrected chi connectivity index (χ0v) is 8.95. The maximum atomic E-state index is 11.2. The smallest absolute Gasteiger partial charge is 0.336 e. The molecule has 4 nitrogen and oxygen atoms in total. The number of carboxylic acid groups (broad SMARTS) is 1. The van der Waals surface area contributed by atoms with Crippen LogP contribution >= 0.6 is 0 Å². The Labute approximate surface area is 98.3 Å². The van der Waals surface area contributed by atoms with E-state index in [0.717, 1.165) is 5.56 Å². The summed E-state index contributed by atoms with van der Waals surface area (Å²) in [6.45, 7) is 0. The Kier molecular flexibility index (Phi) is 3.25. The Morgan fingerprint density at radius 3 is 2.35 bits per heavy atom. The number of aromatic nitrogens is 2. The van der Waals surface area contributed by atoms with Gasteiger partial charge < -0.3 is 5.11 Å². The van der Waals surface area contributed by atoms with Crippen molar-refractivity contribution in [3.8, 4) is 0 Å². The average Bonchev–Trinajstić information content (AvgIpc) is 2.38. The highest BCUT2D eigenvalue weighted by Gasteiger charge is 2.10. The number of benzene rings is 1. The first-order valence-electron chi connectivity index (χ1n) is 5.03. The van der Waals surface area contributed by atoms with Crippen molar-refractivity contribution in [1.82, 2.24) is 9.97 Å². The molecule has 0 unspecified atom stereocenters. The number of nitrogens with zero attached hydrogens (tertiary/aromatic N) is 2. The van der Waals surface area contributed by atoms with Crippen LogP contribution in [0.5, 0.6) is 0 Å². The Bertz CT molecular complexity index is 536. The summed E-state index contributed by atoms with van der Waals surface area (Å²) in [5, 5.41) is 9.16. The Morgan fingerprint density at radius 1 is 1.12 bits per heavy atom. The van der Waals surface area contributed by atoms with Gasteiger partial charge in [0.2, 0.25) is 0 Å². The SMILES string of the molecule is O=C(O)/C(=C\c1ccccc1)c1cncnc1. The predicted molar refractivity (Wildman–Crippen MR) is 64.0 cm³/mol. The summed E-state index contributed by atoms with van der Waals surface area (Å²) >= 11 is 0. The van der Waals surface area contributed by atoms with Crippen molar-refractivity contribution in [2.75, 3.05) is 0 Å². The number of carbonyl (C=O) groups is 1. The first-order chi connectivity index (χ1) is 8.27. The van der Waals surface area contributed by atoms with Gasteiger partial charge in [0.1, 0.15) is 6.33 Å². The number of hydrogen-bond donors (Lipinski definition) is 1. The lowest BCUT2D eigenvalue weighted by molar-refractivity contribution is -0.130. The van der Waals surface area contributed by atoms with Gasteiger partial charge in [-0.05, 0) is 11.6 Å². The Morgan fingerprint density at radius 2 is 1.76 bits per heavy atom. The molecule has 4 heteroatoms. The van der Waals surface area contributed by atoms with Crippen molar-refractivity contribution in [1.29, 1.82) is 0 Å². The van der Waals surface area contributed by atoms with Gasteiger partial charge in [-0.25, -0.2) is 14.8 Å². The molecule has 0 aliphatic heterocycles. The second kappa shape index (κ2) is 5.03. The van der Waals surface area contributed by atoms with Gasteiger partial charge in [0.15, 0.2) is 0 Å². The van der Waals surface area contributed by atoms with Crippen molar-refractivity contribution >= 4 is 17.6 Å². The fourth-order valence-corrected chi connectivity index (χ4v) is 1.42. The summed E-state index contributed by atoms with van der Waals surface area (Å²) in [4.78, 5) is 18.8. The third kappa shape index (κ3) is 2.75. The normalized spacial score (nSPS) is 11.2. The molecule has 84 valence electrons. The van der Waals surface area contributed by atoms with Gasteiger partial charge in [-0.15, -0.1) is 0 Å². The minimum absolute atomic E-state index is 0.178. The van der Waals surface area contributed by atoms with E-state index in [1.54, 1.807) is 6.08 Å². The first kappa shape index (κ1) is 11.0. The van der Waals surface area contributed by atoms with Crippen molar-refractivity contribution in [3.63, 3.8) is 0 Å². The van der Waals surface area contributed by atoms with Crippen LogP contribution in [0.3, 0.4) is 0 Å². The van der Waals surface area contributed by atoms with E-state index in [1.807, 2.05) is 30.3 Å². The second-order valence-electron chi connectivity index (χ2n) is 3.40. The van der Waals surface area contributed by atoms with Crippen molar-refractivity contribution in [2.24, 2.45) is 0 Å². The molecule has 2 rings (SSSR count). The lowest BCUT2D eigenvalue weighted by Gasteiger charge is -2.01. The molecule has 1 aromatic heterocycles. The maximum absolute atomic E-state index is 11.2. The van der Waals surface area contributed by atoms with E-state index in [4.69, 9.17) is 5.11 Å². The molecular formula is C13H10N2O2. The average molecular weight is 226 g/mol. The second-order valence-corrected chi connectivity index (χ2v) is 3.40. The molecule has 0 bridgehead atoms. The molecule has 1 N–H and O–H groups in total. The van der Waals surface area contributed by atoms with E-state index in [9.17, 15) is 4.79 Å². The molecule has 0 saturated carbocycles. The molecular weight excluding hydrogens is 216 g/mol. The van der Waals surface area contributed by atoms with Gasteiger partial charge in [-0.3, -0.25) is 0 Å². The third-order valence-corrected chi connectivity index (χ3v) is 2.21. The molecule has 0 atom stereocenters. The largest absolute Gasteiger partial charge is 0.478 e. The summed E-state index contributed by atoms with van der Waals surface area (Å²) in [5.74, 6) is -0.997. The van der Waals surface area contributed by atoms with E-state index < -0.39 is 5.97 Å². The van der Waals surface area contributed by atoms with Crippen LogP contribution < -0.4 is 0 Å². The zero-order valence-electron chi connectivity index (χ0n) is 8.95. The van der Waals surface area contributed by atoms with Crippen LogP contribution in [0.25, 0.3) is 11.6 Å². The fourth-order valence-electron chi connectivity index (χ4n) is 1.42. The Balaban J connectivity index is 2.44. The summed E-state index contributed by atoms with van der Waals surface area (Å²) in [6.07, 6.45) is 5.93. The number of aliphatic carboxylic acids is 1. The molecule has 0 aliphatic rings. The Hall–Kier alpha value is -2.49. The topological polar surface area (TPSA) is 63.1 Å². The predicted octanol–water partition coefficient (Wildman–Crippen LogP) is 2.10. The summed E-state index contributed by atoms with van der Waals surface area (Å²) in [5.41, 5.74) is 1.49. The van der Waals surface area contributed by atoms with Crippen LogP contribution in [-0.2, 0) is 4.79 Å². The molecule has 0 amide bonds. The van der Waals surface area contributed by atoms with E-state index in [0.29, 0.717) is 5.56 Å². The zero-order chi connectivity index (χ0) is 12.1. The van der Waals surface area contributed by atoms with Gasteiger partial charge in [0, 0.05) is 18.0 Å². The standard InChI is InChI=1S/C13H10N2O2/c16-13(17)12(11-7-14-9-15-8-11)6-10-4-2-1-3-5-10/h1-9H,(H,16,17)/b12-6-. The van der Waals surface area contributed by atoms with E-state index in [2.05, 4.69) is 9.97 Å². The first-order valence-corrected chi connectivity index (χ1v) is 5.03. The van der Waals surface area contributed by atoms with Crippen LogP contribution in [0, 0.1) is 0 Å². The van der Waals surface area contributed by atoms with Gasteiger partial charge in [0.25, 0.3) is 0 Å². The fraction of sp³-hybridized carbons (Fsp3) is 0. The van der Waals surface area contributed by atoms with Crippen LogP contribution in [0.15, 0.2) is 49.1 Å². The lowest BCUT2D eigenvalue weighted by atomic mass is 10.1. The minimum Gasteiger partial charge on any atom is -0.478 e. The minimum atomic E-state index is -0.997. The molecule has 0 aliphatic carbocycles. The van der Waals surface area contributed by atoms with Gasteiger partial charge in [-0.1, -0.05) is 30.3 Å². The number of carboxylic acids is 1. The third-order valence-electron chi connectivity index (χ3n) is 2.21. The van der Waals surface area contributed by atoms with Crippen molar-refractivity contribution < 1.29 is 9.90 Å². The van der Waals surface area contributed by atoms with Crippen LogP contribution in [0.4, 0.5) is 0 Å². The molecule has 0 spiro atoms. The summed E-state index contributed by atoms with van der Waals surface area (Å²) in [7, 11) is 0. The number of rotatable bonds is 3. The highest BCUT2D eigenvalue weighted by Crippen LogP contribution is 2.16. The van der Waals surface area contributed by atoms with Gasteiger partial charge >= 0.3 is 5.97 Å². The van der Waals surface area contributed by atoms with Crippen LogP contribution in [0.1, 0.15) is 11.1 Å². The van der Waals surface area contributed by atoms with Crippen LogP contribution in [-0.4, -0.2) is 21.0 Å². The monoisotopic (exact) mass is 226 g/mol. The molecule has 0 radical (unpaired) electrons. The molecule has 0 fully saturated rings. The quantitative estimate of drug-likeness (QED) is 0.814. The maximum Gasteiger partial charge on any atom is 0.336 e. The van der Waals surface area contributed by atoms with E-state index in [-0.39, 0.29) is 5.57 Å². The van der Waals surface area contributed by atoms with Crippen molar-refractivity contribution in [2.45, 2.75) is 0 Å². The van der Waals surface area contributed by atoms with Crippen LogP contribution in [0.2, 0.25) is 0 Å². The molecule has 17 heavy (non-hydrogen) atoms. The van der Waals surface area contributed by atoms with Gasteiger partial charge in [0.05, 0.1) is 5.57 Å². The molecule has 1 heterocycles. The highest BCUT2D eigenvalue weighted by molar-refractivity contribution is 6.20. The molecule has 1 aromatic carbocycles. The molecule has 2 aromatic rings. The molecule has 0 saturated heterocycles. The van der Waals surface area contributed by atoms with Gasteiger partial charge in [-0.2, -0.15) is 0 Å². The highest BCUT2D eigenvalue weighted by atomic mass is 16.4. The summed E-state index contributed by atoms with van der Waals surface area (Å²) < 4.78 is 0. The van der Waals surface area contributed by atoms with E-state index >= 15 is 0 Å². The number of hydrogen-bond acceptors (Lipinski definition) is 3.